The van der Waals surface area contributed by atoms with Crippen molar-refractivity contribution in [2.45, 2.75) is 31.2 Å². The van der Waals surface area contributed by atoms with Gasteiger partial charge in [-0.2, -0.15) is 0 Å². The maximum absolute atomic E-state index is 6.90. The van der Waals surface area contributed by atoms with Crippen LogP contribution in [0.1, 0.15) is 30.9 Å². The maximum atomic E-state index is 6.90. The molecule has 2 fully saturated rings. The fourth-order valence-electron chi connectivity index (χ4n) is 5.34. The van der Waals surface area contributed by atoms with Gasteiger partial charge in [0.2, 0.25) is 5.79 Å². The third-order valence-corrected chi connectivity index (χ3v) is 6.74. The molecule has 0 saturated carbocycles. The summed E-state index contributed by atoms with van der Waals surface area (Å²) < 4.78 is 13.4. The zero-order chi connectivity index (χ0) is 20.3. The van der Waals surface area contributed by atoms with E-state index >= 15 is 0 Å². The van der Waals surface area contributed by atoms with E-state index in [0.29, 0.717) is 5.92 Å². The van der Waals surface area contributed by atoms with Gasteiger partial charge in [0.25, 0.3) is 0 Å². The number of rotatable bonds is 2. The molecule has 30 heavy (non-hydrogen) atoms. The molecule has 2 heteroatoms. The van der Waals surface area contributed by atoms with Crippen LogP contribution in [0.4, 0.5) is 0 Å². The molecule has 2 saturated heterocycles. The Morgan fingerprint density at radius 2 is 1.30 bits per heavy atom. The summed E-state index contributed by atoms with van der Waals surface area (Å²) in [6, 6.07) is 29.9. The molecular formula is C28H24O2. The van der Waals surface area contributed by atoms with E-state index in [1.165, 1.54) is 21.5 Å². The molecule has 0 radical (unpaired) electrons. The van der Waals surface area contributed by atoms with E-state index in [-0.39, 0.29) is 0 Å². The minimum Gasteiger partial charge on any atom is -0.459 e. The van der Waals surface area contributed by atoms with Crippen LogP contribution < -0.4 is 0 Å². The van der Waals surface area contributed by atoms with Crippen molar-refractivity contribution < 1.29 is 9.47 Å². The van der Waals surface area contributed by atoms with Gasteiger partial charge >= 0.3 is 0 Å². The second-order valence-corrected chi connectivity index (χ2v) is 8.84. The van der Waals surface area contributed by atoms with Crippen LogP contribution in [0.3, 0.4) is 0 Å². The first-order valence-electron chi connectivity index (χ1n) is 10.7. The lowest BCUT2D eigenvalue weighted by atomic mass is 9.78. The lowest BCUT2D eigenvalue weighted by Crippen LogP contribution is -2.41. The van der Waals surface area contributed by atoms with Gasteiger partial charge in [0.1, 0.15) is 5.76 Å². The largest absolute Gasteiger partial charge is 0.459 e. The van der Waals surface area contributed by atoms with Gasteiger partial charge in [-0.1, -0.05) is 86.3 Å². The van der Waals surface area contributed by atoms with Crippen molar-refractivity contribution >= 4 is 21.5 Å². The standard InChI is InChI=1S/C28H24O2/c1-19-17-27(25-13-11-21-7-3-5-9-23(21)15-25)20(2)29-28(18-19,30-27)26-14-12-22-8-4-6-10-24(22)16-26/h3-16,19H,2,17-18H2,1H3/t19-,27?,28?/m1/s1. The fourth-order valence-corrected chi connectivity index (χ4v) is 5.34. The molecule has 2 heterocycles. The molecule has 0 spiro atoms. The third-order valence-electron chi connectivity index (χ3n) is 6.74. The van der Waals surface area contributed by atoms with Gasteiger partial charge in [-0.15, -0.1) is 0 Å². The second kappa shape index (κ2) is 6.20. The average molecular weight is 392 g/mol. The molecule has 0 aromatic heterocycles. The van der Waals surface area contributed by atoms with Crippen molar-refractivity contribution in [2.24, 2.45) is 5.92 Å². The Kier molecular flexibility index (Phi) is 3.66. The van der Waals surface area contributed by atoms with E-state index < -0.39 is 11.4 Å². The van der Waals surface area contributed by atoms with Crippen molar-refractivity contribution in [3.05, 3.63) is 108 Å². The molecule has 0 aliphatic carbocycles. The highest BCUT2D eigenvalue weighted by Crippen LogP contribution is 2.60. The molecule has 2 bridgehead atoms. The summed E-state index contributed by atoms with van der Waals surface area (Å²) in [5.41, 5.74) is 1.57. The number of hydrogen-bond acceptors (Lipinski definition) is 2. The molecule has 0 amide bonds. The molecule has 6 rings (SSSR count). The zero-order valence-corrected chi connectivity index (χ0v) is 17.1. The highest BCUT2D eigenvalue weighted by atomic mass is 16.8. The van der Waals surface area contributed by atoms with Crippen molar-refractivity contribution in [3.8, 4) is 0 Å². The Morgan fingerprint density at radius 1 is 0.733 bits per heavy atom. The molecule has 2 nitrogen and oxygen atoms in total. The Hall–Kier alpha value is -3.10. The Bertz CT molecular complexity index is 1310. The van der Waals surface area contributed by atoms with Crippen LogP contribution in [-0.4, -0.2) is 0 Å². The molecule has 3 atom stereocenters. The first-order chi connectivity index (χ1) is 14.6. The van der Waals surface area contributed by atoms with E-state index in [2.05, 4.69) is 98.4 Å². The van der Waals surface area contributed by atoms with Crippen LogP contribution in [0, 0.1) is 5.92 Å². The van der Waals surface area contributed by atoms with Crippen LogP contribution in [0.25, 0.3) is 21.5 Å². The molecule has 4 aromatic rings. The van der Waals surface area contributed by atoms with Gasteiger partial charge in [-0.25, -0.2) is 0 Å². The summed E-state index contributed by atoms with van der Waals surface area (Å²) in [5.74, 6) is 0.371. The molecule has 0 N–H and O–H groups in total. The lowest BCUT2D eigenvalue weighted by molar-refractivity contribution is -0.234. The molecule has 148 valence electrons. The Labute approximate surface area is 176 Å². The first-order valence-corrected chi connectivity index (χ1v) is 10.7. The monoisotopic (exact) mass is 392 g/mol. The first kappa shape index (κ1) is 17.7. The zero-order valence-electron chi connectivity index (χ0n) is 17.1. The van der Waals surface area contributed by atoms with E-state index in [4.69, 9.17) is 9.47 Å². The number of fused-ring (bicyclic) bond motifs is 4. The number of ether oxygens (including phenoxy) is 2. The maximum Gasteiger partial charge on any atom is 0.238 e. The van der Waals surface area contributed by atoms with Crippen molar-refractivity contribution in [1.29, 1.82) is 0 Å². The van der Waals surface area contributed by atoms with Gasteiger partial charge in [0.15, 0.2) is 5.60 Å². The van der Waals surface area contributed by atoms with Crippen LogP contribution >= 0.6 is 0 Å². The van der Waals surface area contributed by atoms with Crippen molar-refractivity contribution in [2.75, 3.05) is 0 Å². The third kappa shape index (κ3) is 2.47. The molecular weight excluding hydrogens is 368 g/mol. The highest BCUT2D eigenvalue weighted by molar-refractivity contribution is 5.84. The van der Waals surface area contributed by atoms with Crippen LogP contribution in [0.15, 0.2) is 97.3 Å². The normalized spacial score (nSPS) is 28.0. The van der Waals surface area contributed by atoms with Gasteiger partial charge < -0.3 is 9.47 Å². The minimum absolute atomic E-state index is 0.441. The van der Waals surface area contributed by atoms with E-state index in [1.807, 2.05) is 0 Å². The average Bonchev–Trinajstić information content (AvgIpc) is 2.99. The summed E-state index contributed by atoms with van der Waals surface area (Å²) in [6.07, 6.45) is 1.69. The smallest absolute Gasteiger partial charge is 0.238 e. The second-order valence-electron chi connectivity index (χ2n) is 8.84. The quantitative estimate of drug-likeness (QED) is 0.364. The Balaban J connectivity index is 1.50. The molecule has 4 aromatic carbocycles. The summed E-state index contributed by atoms with van der Waals surface area (Å²) in [6.45, 7) is 6.63. The highest BCUT2D eigenvalue weighted by Gasteiger charge is 2.60. The van der Waals surface area contributed by atoms with Crippen LogP contribution in [0.5, 0.6) is 0 Å². The van der Waals surface area contributed by atoms with Gasteiger partial charge in [-0.3, -0.25) is 0 Å². The fraction of sp³-hybridized carbons (Fsp3) is 0.214. The number of benzene rings is 4. The minimum atomic E-state index is -0.787. The summed E-state index contributed by atoms with van der Waals surface area (Å²) >= 11 is 0. The van der Waals surface area contributed by atoms with E-state index in [0.717, 1.165) is 29.7 Å². The molecule has 2 aliphatic rings. The summed E-state index contributed by atoms with van der Waals surface area (Å²) in [5, 5.41) is 4.86. The lowest BCUT2D eigenvalue weighted by Gasteiger charge is -2.40. The van der Waals surface area contributed by atoms with Crippen LogP contribution in [0.2, 0.25) is 0 Å². The predicted octanol–water partition coefficient (Wildman–Crippen LogP) is 7.03. The summed E-state index contributed by atoms with van der Waals surface area (Å²) in [4.78, 5) is 0. The summed E-state index contributed by atoms with van der Waals surface area (Å²) in [7, 11) is 0. The van der Waals surface area contributed by atoms with Crippen molar-refractivity contribution in [1.82, 2.24) is 0 Å². The predicted molar refractivity (Wildman–Crippen MR) is 121 cm³/mol. The Morgan fingerprint density at radius 3 is 1.97 bits per heavy atom. The molecule has 2 aliphatic heterocycles. The number of hydrogen-bond donors (Lipinski definition) is 0. The van der Waals surface area contributed by atoms with Gasteiger partial charge in [-0.05, 0) is 51.6 Å². The van der Waals surface area contributed by atoms with E-state index in [1.54, 1.807) is 0 Å². The van der Waals surface area contributed by atoms with Gasteiger partial charge in [0, 0.05) is 12.0 Å². The van der Waals surface area contributed by atoms with Crippen LogP contribution in [-0.2, 0) is 20.9 Å². The molecule has 2 unspecified atom stereocenters. The van der Waals surface area contributed by atoms with Crippen molar-refractivity contribution in [3.63, 3.8) is 0 Å². The topological polar surface area (TPSA) is 18.5 Å². The van der Waals surface area contributed by atoms with Gasteiger partial charge in [0.05, 0.1) is 0 Å². The SMILES string of the molecule is C=C1OC2(c3ccc4ccccc4c3)C[C@H](C)CC1(c1ccc3ccccc3c1)O2. The van der Waals surface area contributed by atoms with E-state index in [9.17, 15) is 0 Å².